The molecule has 1 aromatic rings. The van der Waals surface area contributed by atoms with E-state index in [1.807, 2.05) is 13.0 Å². The van der Waals surface area contributed by atoms with Gasteiger partial charge in [0.25, 0.3) is 0 Å². The van der Waals surface area contributed by atoms with E-state index in [9.17, 15) is 0 Å². The number of rotatable bonds is 4. The van der Waals surface area contributed by atoms with E-state index in [0.29, 0.717) is 0 Å². The maximum absolute atomic E-state index is 3.87. The highest BCUT2D eigenvalue weighted by atomic mass is 14.0. The van der Waals surface area contributed by atoms with Crippen LogP contribution in [0.5, 0.6) is 0 Å². The SMILES string of the molecule is C=C/C(=C\C(C)=C/C)c1ccc(CC)cc1. The second kappa shape index (κ2) is 6.12. The Labute approximate surface area is 99.0 Å². The third-order valence-corrected chi connectivity index (χ3v) is 2.75. The molecular formula is C16H20. The molecule has 0 amide bonds. The molecule has 84 valence electrons. The Morgan fingerprint density at radius 3 is 2.31 bits per heavy atom. The van der Waals surface area contributed by atoms with Crippen molar-refractivity contribution < 1.29 is 0 Å². The van der Waals surface area contributed by atoms with E-state index in [4.69, 9.17) is 0 Å². The van der Waals surface area contributed by atoms with Gasteiger partial charge in [0.15, 0.2) is 0 Å². The van der Waals surface area contributed by atoms with Gasteiger partial charge in [-0.3, -0.25) is 0 Å². The summed E-state index contributed by atoms with van der Waals surface area (Å²) in [6.07, 6.45) is 7.26. The molecule has 0 atom stereocenters. The number of allylic oxidation sites excluding steroid dienone is 5. The third kappa shape index (κ3) is 3.23. The van der Waals surface area contributed by atoms with Crippen molar-refractivity contribution in [1.29, 1.82) is 0 Å². The summed E-state index contributed by atoms with van der Waals surface area (Å²) in [6.45, 7) is 10.2. The van der Waals surface area contributed by atoms with Gasteiger partial charge in [0.2, 0.25) is 0 Å². The van der Waals surface area contributed by atoms with Gasteiger partial charge >= 0.3 is 0 Å². The van der Waals surface area contributed by atoms with Crippen LogP contribution >= 0.6 is 0 Å². The zero-order valence-electron chi connectivity index (χ0n) is 10.5. The molecule has 0 heteroatoms. The van der Waals surface area contributed by atoms with E-state index < -0.39 is 0 Å². The van der Waals surface area contributed by atoms with E-state index in [1.54, 1.807) is 0 Å². The predicted octanol–water partition coefficient (Wildman–Crippen LogP) is 4.78. The van der Waals surface area contributed by atoms with Gasteiger partial charge in [0.1, 0.15) is 0 Å². The van der Waals surface area contributed by atoms with Crippen LogP contribution in [0.15, 0.2) is 54.6 Å². The monoisotopic (exact) mass is 212 g/mol. The fourth-order valence-electron chi connectivity index (χ4n) is 1.52. The van der Waals surface area contributed by atoms with Crippen molar-refractivity contribution in [2.24, 2.45) is 0 Å². The van der Waals surface area contributed by atoms with E-state index in [1.165, 1.54) is 22.3 Å². The molecule has 0 aliphatic carbocycles. The van der Waals surface area contributed by atoms with Gasteiger partial charge in [-0.25, -0.2) is 0 Å². The summed E-state index contributed by atoms with van der Waals surface area (Å²) < 4.78 is 0. The van der Waals surface area contributed by atoms with Gasteiger partial charge in [-0.1, -0.05) is 61.6 Å². The predicted molar refractivity (Wildman–Crippen MR) is 73.4 cm³/mol. The van der Waals surface area contributed by atoms with Crippen molar-refractivity contribution in [3.8, 4) is 0 Å². The highest BCUT2D eigenvalue weighted by Gasteiger charge is 1.97. The van der Waals surface area contributed by atoms with Crippen molar-refractivity contribution in [2.75, 3.05) is 0 Å². The Morgan fingerprint density at radius 1 is 1.25 bits per heavy atom. The fraction of sp³-hybridized carbons (Fsp3) is 0.250. The Kier molecular flexibility index (Phi) is 4.78. The van der Waals surface area contributed by atoms with E-state index in [2.05, 4.69) is 56.8 Å². The first kappa shape index (κ1) is 12.5. The minimum atomic E-state index is 1.08. The van der Waals surface area contributed by atoms with Crippen LogP contribution in [0.2, 0.25) is 0 Å². The molecule has 0 aromatic heterocycles. The highest BCUT2D eigenvalue weighted by Crippen LogP contribution is 2.18. The Morgan fingerprint density at radius 2 is 1.88 bits per heavy atom. The second-order valence-corrected chi connectivity index (χ2v) is 3.89. The molecule has 0 saturated carbocycles. The number of benzene rings is 1. The summed E-state index contributed by atoms with van der Waals surface area (Å²) >= 11 is 0. The van der Waals surface area contributed by atoms with Crippen LogP contribution in [0.1, 0.15) is 31.9 Å². The molecule has 0 fully saturated rings. The second-order valence-electron chi connectivity index (χ2n) is 3.89. The summed E-state index contributed by atoms with van der Waals surface area (Å²) in [4.78, 5) is 0. The molecule has 0 saturated heterocycles. The normalized spacial score (nSPS) is 12.7. The smallest absolute Gasteiger partial charge is 0.0184 e. The van der Waals surface area contributed by atoms with Crippen LogP contribution in [-0.2, 0) is 6.42 Å². The molecule has 0 N–H and O–H groups in total. The quantitative estimate of drug-likeness (QED) is 0.630. The maximum Gasteiger partial charge on any atom is -0.0184 e. The highest BCUT2D eigenvalue weighted by molar-refractivity contribution is 5.75. The maximum atomic E-state index is 3.87. The first-order chi connectivity index (χ1) is 7.71. The Hall–Kier alpha value is -1.56. The van der Waals surface area contributed by atoms with Crippen LogP contribution in [0.3, 0.4) is 0 Å². The molecule has 0 spiro atoms. The lowest BCUT2D eigenvalue weighted by atomic mass is 10.0. The van der Waals surface area contributed by atoms with Gasteiger partial charge in [0.05, 0.1) is 0 Å². The topological polar surface area (TPSA) is 0 Å². The summed E-state index contributed by atoms with van der Waals surface area (Å²) in [5, 5.41) is 0. The summed E-state index contributed by atoms with van der Waals surface area (Å²) in [5.41, 5.74) is 5.04. The Bertz CT molecular complexity index is 402. The molecule has 0 aliphatic heterocycles. The lowest BCUT2D eigenvalue weighted by Gasteiger charge is -2.04. The number of hydrogen-bond acceptors (Lipinski definition) is 0. The molecule has 0 nitrogen and oxygen atoms in total. The minimum Gasteiger partial charge on any atom is -0.0984 e. The van der Waals surface area contributed by atoms with Crippen LogP contribution in [0.25, 0.3) is 5.57 Å². The molecule has 16 heavy (non-hydrogen) atoms. The van der Waals surface area contributed by atoms with E-state index in [-0.39, 0.29) is 0 Å². The zero-order chi connectivity index (χ0) is 12.0. The van der Waals surface area contributed by atoms with Gasteiger partial charge < -0.3 is 0 Å². The fourth-order valence-corrected chi connectivity index (χ4v) is 1.52. The van der Waals surface area contributed by atoms with Crippen molar-refractivity contribution in [2.45, 2.75) is 27.2 Å². The zero-order valence-corrected chi connectivity index (χ0v) is 10.5. The summed E-state index contributed by atoms with van der Waals surface area (Å²) in [6, 6.07) is 8.68. The standard InChI is InChI=1S/C16H20/c1-5-13(4)12-15(7-3)16-10-8-14(6-2)9-11-16/h5,7-12H,3,6H2,1-2,4H3/b13-5-,15-12+. The molecule has 0 heterocycles. The van der Waals surface area contributed by atoms with Crippen molar-refractivity contribution in [3.63, 3.8) is 0 Å². The molecule has 0 unspecified atom stereocenters. The summed E-state index contributed by atoms with van der Waals surface area (Å²) in [7, 11) is 0. The molecule has 0 aliphatic rings. The van der Waals surface area contributed by atoms with Crippen LogP contribution in [-0.4, -0.2) is 0 Å². The van der Waals surface area contributed by atoms with Gasteiger partial charge in [-0.05, 0) is 37.0 Å². The molecule has 0 bridgehead atoms. The molecular weight excluding hydrogens is 192 g/mol. The minimum absolute atomic E-state index is 1.08. The van der Waals surface area contributed by atoms with E-state index >= 15 is 0 Å². The van der Waals surface area contributed by atoms with Gasteiger partial charge in [-0.2, -0.15) is 0 Å². The van der Waals surface area contributed by atoms with Crippen LogP contribution in [0, 0.1) is 0 Å². The molecule has 1 rings (SSSR count). The van der Waals surface area contributed by atoms with Gasteiger partial charge in [-0.15, -0.1) is 0 Å². The van der Waals surface area contributed by atoms with Crippen molar-refractivity contribution >= 4 is 5.57 Å². The average Bonchev–Trinajstić information content (AvgIpc) is 2.35. The largest absolute Gasteiger partial charge is 0.0984 e. The number of aryl methyl sites for hydroxylation is 1. The van der Waals surface area contributed by atoms with Crippen LogP contribution < -0.4 is 0 Å². The van der Waals surface area contributed by atoms with E-state index in [0.717, 1.165) is 6.42 Å². The first-order valence-corrected chi connectivity index (χ1v) is 5.77. The average molecular weight is 212 g/mol. The van der Waals surface area contributed by atoms with Gasteiger partial charge in [0, 0.05) is 0 Å². The molecule has 1 aromatic carbocycles. The lowest BCUT2D eigenvalue weighted by Crippen LogP contribution is -1.84. The van der Waals surface area contributed by atoms with Crippen LogP contribution in [0.4, 0.5) is 0 Å². The Balaban J connectivity index is 3.04. The van der Waals surface area contributed by atoms with Crippen molar-refractivity contribution in [1.82, 2.24) is 0 Å². The number of hydrogen-bond donors (Lipinski definition) is 0. The lowest BCUT2D eigenvalue weighted by molar-refractivity contribution is 1.14. The molecule has 0 radical (unpaired) electrons. The first-order valence-electron chi connectivity index (χ1n) is 5.77. The summed E-state index contributed by atoms with van der Waals surface area (Å²) in [5.74, 6) is 0. The third-order valence-electron chi connectivity index (χ3n) is 2.75. The van der Waals surface area contributed by atoms with Crippen molar-refractivity contribution in [3.05, 3.63) is 65.8 Å².